The van der Waals surface area contributed by atoms with E-state index < -0.39 is 10.0 Å². The van der Waals surface area contributed by atoms with Crippen LogP contribution in [0.15, 0.2) is 45.7 Å². The van der Waals surface area contributed by atoms with E-state index in [-0.39, 0.29) is 4.90 Å². The average molecular weight is 405 g/mol. The Balaban J connectivity index is 2.19. The van der Waals surface area contributed by atoms with Gasteiger partial charge in [-0.05, 0) is 57.0 Å². The molecule has 0 spiro atoms. The van der Waals surface area contributed by atoms with Gasteiger partial charge in [-0.2, -0.15) is 8.42 Å². The SMILES string of the molecule is CCOCCn1/c(=N/S(=O)(=O)c2ccc(C)cc2)sc2c(C)cc(C)cc21. The van der Waals surface area contributed by atoms with Crippen LogP contribution in [0, 0.1) is 20.8 Å². The van der Waals surface area contributed by atoms with Gasteiger partial charge in [-0.15, -0.1) is 4.40 Å². The first-order valence-electron chi connectivity index (χ1n) is 8.88. The van der Waals surface area contributed by atoms with Crippen LogP contribution in [0.4, 0.5) is 0 Å². The molecule has 0 bridgehead atoms. The standard InChI is InChI=1S/C20H24N2O3S2/c1-5-25-11-10-22-18-13-15(3)12-16(4)19(18)26-20(22)21-27(23,24)17-8-6-14(2)7-9-17/h6-9,12-13H,5,10-11H2,1-4H3/b21-20-. The first kappa shape index (κ1) is 19.8. The Hall–Kier alpha value is -1.96. The fourth-order valence-corrected chi connectivity index (χ4v) is 5.27. The molecule has 2 aromatic carbocycles. The highest BCUT2D eigenvalue weighted by atomic mass is 32.2. The van der Waals surface area contributed by atoms with Gasteiger partial charge in [-0.3, -0.25) is 0 Å². The largest absolute Gasteiger partial charge is 0.380 e. The van der Waals surface area contributed by atoms with E-state index in [1.54, 1.807) is 24.3 Å². The summed E-state index contributed by atoms with van der Waals surface area (Å²) in [4.78, 5) is 0.675. The van der Waals surface area contributed by atoms with Gasteiger partial charge in [0.2, 0.25) is 4.80 Å². The Morgan fingerprint density at radius 2 is 1.78 bits per heavy atom. The third kappa shape index (κ3) is 4.31. The minimum atomic E-state index is -3.78. The van der Waals surface area contributed by atoms with Crippen molar-refractivity contribution in [2.75, 3.05) is 13.2 Å². The van der Waals surface area contributed by atoms with Crippen LogP contribution in [-0.2, 0) is 21.3 Å². The van der Waals surface area contributed by atoms with Gasteiger partial charge in [-0.1, -0.05) is 35.1 Å². The van der Waals surface area contributed by atoms with Crippen LogP contribution in [-0.4, -0.2) is 26.2 Å². The number of rotatable bonds is 6. The Bertz CT molecular complexity index is 1120. The average Bonchev–Trinajstić information content (AvgIpc) is 2.93. The zero-order valence-corrected chi connectivity index (χ0v) is 17.7. The van der Waals surface area contributed by atoms with E-state index >= 15 is 0 Å². The molecule has 7 heteroatoms. The molecular weight excluding hydrogens is 380 g/mol. The number of sulfonamides is 1. The molecule has 0 aliphatic rings. The van der Waals surface area contributed by atoms with Gasteiger partial charge in [0.25, 0.3) is 10.0 Å². The van der Waals surface area contributed by atoms with Crippen molar-refractivity contribution in [2.24, 2.45) is 4.40 Å². The highest BCUT2D eigenvalue weighted by molar-refractivity contribution is 7.90. The molecule has 144 valence electrons. The number of ether oxygens (including phenoxy) is 1. The Morgan fingerprint density at radius 3 is 2.44 bits per heavy atom. The number of aromatic nitrogens is 1. The fourth-order valence-electron chi connectivity index (χ4n) is 2.96. The molecule has 3 aromatic rings. The van der Waals surface area contributed by atoms with Crippen molar-refractivity contribution in [1.29, 1.82) is 0 Å². The van der Waals surface area contributed by atoms with Crippen LogP contribution < -0.4 is 4.80 Å². The summed E-state index contributed by atoms with van der Waals surface area (Å²) >= 11 is 1.40. The molecule has 0 aliphatic heterocycles. The maximum atomic E-state index is 12.8. The number of hydrogen-bond donors (Lipinski definition) is 0. The Morgan fingerprint density at radius 1 is 1.07 bits per heavy atom. The lowest BCUT2D eigenvalue weighted by Gasteiger charge is -2.07. The highest BCUT2D eigenvalue weighted by Crippen LogP contribution is 2.24. The van der Waals surface area contributed by atoms with E-state index in [9.17, 15) is 8.42 Å². The molecule has 0 atom stereocenters. The minimum absolute atomic E-state index is 0.204. The number of thiazole rings is 1. The third-order valence-corrected chi connectivity index (χ3v) is 6.92. The van der Waals surface area contributed by atoms with E-state index in [0.717, 1.165) is 26.9 Å². The second-order valence-corrected chi connectivity index (χ2v) is 9.12. The summed E-state index contributed by atoms with van der Waals surface area (Å²) in [6.07, 6.45) is 0. The van der Waals surface area contributed by atoms with Gasteiger partial charge in [0.1, 0.15) is 0 Å². The Labute approximate surface area is 164 Å². The first-order valence-corrected chi connectivity index (χ1v) is 11.1. The van der Waals surface area contributed by atoms with E-state index in [4.69, 9.17) is 4.74 Å². The molecule has 1 heterocycles. The summed E-state index contributed by atoms with van der Waals surface area (Å²) in [5.41, 5.74) is 4.26. The summed E-state index contributed by atoms with van der Waals surface area (Å²) in [6.45, 7) is 9.62. The van der Waals surface area contributed by atoms with Crippen molar-refractivity contribution in [3.05, 3.63) is 57.9 Å². The molecule has 0 aliphatic carbocycles. The second-order valence-electron chi connectivity index (χ2n) is 6.54. The molecule has 0 fully saturated rings. The third-order valence-electron chi connectivity index (χ3n) is 4.29. The van der Waals surface area contributed by atoms with Crippen LogP contribution in [0.5, 0.6) is 0 Å². The van der Waals surface area contributed by atoms with Crippen molar-refractivity contribution >= 4 is 31.6 Å². The van der Waals surface area contributed by atoms with Crippen LogP contribution in [0.3, 0.4) is 0 Å². The van der Waals surface area contributed by atoms with E-state index in [2.05, 4.69) is 16.5 Å². The van der Waals surface area contributed by atoms with Crippen LogP contribution >= 0.6 is 11.3 Å². The predicted octanol–water partition coefficient (Wildman–Crippen LogP) is 3.95. The van der Waals surface area contributed by atoms with Crippen molar-refractivity contribution in [2.45, 2.75) is 39.1 Å². The van der Waals surface area contributed by atoms with Gasteiger partial charge >= 0.3 is 0 Å². The molecule has 0 saturated carbocycles. The van der Waals surface area contributed by atoms with Gasteiger partial charge in [0, 0.05) is 13.2 Å². The lowest BCUT2D eigenvalue weighted by Crippen LogP contribution is -2.20. The molecule has 0 amide bonds. The van der Waals surface area contributed by atoms with Crippen LogP contribution in [0.2, 0.25) is 0 Å². The van der Waals surface area contributed by atoms with Gasteiger partial charge in [0.05, 0.1) is 21.7 Å². The summed E-state index contributed by atoms with van der Waals surface area (Å²) < 4.78 is 38.3. The van der Waals surface area contributed by atoms with Gasteiger partial charge < -0.3 is 9.30 Å². The fraction of sp³-hybridized carbons (Fsp3) is 0.350. The molecule has 0 unspecified atom stereocenters. The smallest absolute Gasteiger partial charge is 0.285 e. The molecular formula is C20H24N2O3S2. The lowest BCUT2D eigenvalue weighted by atomic mass is 10.1. The normalized spacial score (nSPS) is 12.8. The first-order chi connectivity index (χ1) is 12.8. The van der Waals surface area contributed by atoms with Gasteiger partial charge in [-0.25, -0.2) is 0 Å². The minimum Gasteiger partial charge on any atom is -0.380 e. The summed E-state index contributed by atoms with van der Waals surface area (Å²) in [6, 6.07) is 10.9. The summed E-state index contributed by atoms with van der Waals surface area (Å²) in [7, 11) is -3.78. The summed E-state index contributed by atoms with van der Waals surface area (Å²) in [5.74, 6) is 0. The van der Waals surface area contributed by atoms with Crippen LogP contribution in [0.1, 0.15) is 23.6 Å². The summed E-state index contributed by atoms with van der Waals surface area (Å²) in [5, 5.41) is 0. The number of fused-ring (bicyclic) bond motifs is 1. The number of hydrogen-bond acceptors (Lipinski definition) is 4. The highest BCUT2D eigenvalue weighted by Gasteiger charge is 2.15. The molecule has 5 nitrogen and oxygen atoms in total. The number of nitrogens with zero attached hydrogens (tertiary/aromatic N) is 2. The molecule has 0 radical (unpaired) electrons. The molecule has 3 rings (SSSR count). The number of benzene rings is 2. The van der Waals surface area contributed by atoms with E-state index in [1.807, 2.05) is 32.3 Å². The zero-order valence-electron chi connectivity index (χ0n) is 16.0. The zero-order chi connectivity index (χ0) is 19.6. The Kier molecular flexibility index (Phi) is 5.83. The lowest BCUT2D eigenvalue weighted by molar-refractivity contribution is 0.139. The predicted molar refractivity (Wildman–Crippen MR) is 110 cm³/mol. The molecule has 27 heavy (non-hydrogen) atoms. The monoisotopic (exact) mass is 404 g/mol. The van der Waals surface area contributed by atoms with Crippen molar-refractivity contribution in [1.82, 2.24) is 4.57 Å². The van der Waals surface area contributed by atoms with E-state index in [0.29, 0.717) is 24.6 Å². The molecule has 0 N–H and O–H groups in total. The van der Waals surface area contributed by atoms with Gasteiger partial charge in [0.15, 0.2) is 0 Å². The maximum Gasteiger partial charge on any atom is 0.285 e. The number of aryl methyl sites for hydroxylation is 3. The second kappa shape index (κ2) is 7.96. The van der Waals surface area contributed by atoms with Crippen molar-refractivity contribution in [3.8, 4) is 0 Å². The maximum absolute atomic E-state index is 12.8. The molecule has 1 aromatic heterocycles. The topological polar surface area (TPSA) is 60.7 Å². The van der Waals surface area contributed by atoms with E-state index in [1.165, 1.54) is 11.3 Å². The molecule has 0 saturated heterocycles. The van der Waals surface area contributed by atoms with Crippen LogP contribution in [0.25, 0.3) is 10.2 Å². The van der Waals surface area contributed by atoms with Crippen molar-refractivity contribution in [3.63, 3.8) is 0 Å². The van der Waals surface area contributed by atoms with Crippen molar-refractivity contribution < 1.29 is 13.2 Å². The quantitative estimate of drug-likeness (QED) is 0.585.